The molecule has 2 aromatic carbocycles. The average Bonchev–Trinajstić information content (AvgIpc) is 2.70. The lowest BCUT2D eigenvalue weighted by Gasteiger charge is -2.35. The van der Waals surface area contributed by atoms with Gasteiger partial charge in [0.05, 0.1) is 20.6 Å². The van der Waals surface area contributed by atoms with E-state index in [0.29, 0.717) is 31.0 Å². The third-order valence-corrected chi connectivity index (χ3v) is 4.85. The van der Waals surface area contributed by atoms with Gasteiger partial charge in [0, 0.05) is 32.7 Å². The highest BCUT2D eigenvalue weighted by Gasteiger charge is 2.21. The van der Waals surface area contributed by atoms with Gasteiger partial charge in [0.25, 0.3) is 0 Å². The molecule has 6 heteroatoms. The van der Waals surface area contributed by atoms with E-state index in [2.05, 4.69) is 4.90 Å². The Balaban J connectivity index is 1.51. The van der Waals surface area contributed by atoms with Crippen LogP contribution in [0, 0.1) is 5.82 Å². The van der Waals surface area contributed by atoms with Crippen LogP contribution in [-0.2, 0) is 17.8 Å². The van der Waals surface area contributed by atoms with Gasteiger partial charge in [-0.05, 0) is 35.4 Å². The lowest BCUT2D eigenvalue weighted by atomic mass is 10.1. The molecule has 1 heterocycles. The molecule has 1 amide bonds. The van der Waals surface area contributed by atoms with E-state index >= 15 is 0 Å². The van der Waals surface area contributed by atoms with Gasteiger partial charge in [0.1, 0.15) is 5.82 Å². The molecule has 5 nitrogen and oxygen atoms in total. The fourth-order valence-electron chi connectivity index (χ4n) is 3.28. The van der Waals surface area contributed by atoms with Crippen molar-refractivity contribution in [2.45, 2.75) is 13.0 Å². The molecule has 0 aliphatic carbocycles. The Morgan fingerprint density at radius 1 is 0.926 bits per heavy atom. The van der Waals surface area contributed by atoms with Crippen molar-refractivity contribution in [3.63, 3.8) is 0 Å². The zero-order valence-corrected chi connectivity index (χ0v) is 15.8. The maximum atomic E-state index is 13.0. The number of methoxy groups -OCH3 is 2. The van der Waals surface area contributed by atoms with E-state index in [1.807, 2.05) is 35.2 Å². The number of ether oxygens (including phenoxy) is 2. The smallest absolute Gasteiger partial charge is 0.227 e. The second-order valence-electron chi connectivity index (χ2n) is 6.65. The Morgan fingerprint density at radius 2 is 1.56 bits per heavy atom. The van der Waals surface area contributed by atoms with Gasteiger partial charge in [-0.25, -0.2) is 4.39 Å². The van der Waals surface area contributed by atoms with Crippen molar-refractivity contribution in [1.82, 2.24) is 9.80 Å². The first-order chi connectivity index (χ1) is 13.1. The van der Waals surface area contributed by atoms with E-state index in [-0.39, 0.29) is 11.7 Å². The summed E-state index contributed by atoms with van der Waals surface area (Å²) in [5.41, 5.74) is 1.99. The molecule has 3 rings (SSSR count). The quantitative estimate of drug-likeness (QED) is 0.782. The average molecular weight is 372 g/mol. The van der Waals surface area contributed by atoms with Crippen LogP contribution in [0.25, 0.3) is 0 Å². The van der Waals surface area contributed by atoms with Crippen molar-refractivity contribution in [3.05, 3.63) is 59.4 Å². The molecule has 0 saturated carbocycles. The van der Waals surface area contributed by atoms with E-state index in [4.69, 9.17) is 9.47 Å². The highest BCUT2D eigenvalue weighted by molar-refractivity contribution is 5.79. The SMILES string of the molecule is COc1ccc(CC(=O)N2CCN(Cc3ccc(F)cc3)CC2)cc1OC. The Kier molecular flexibility index (Phi) is 6.29. The minimum atomic E-state index is -0.218. The summed E-state index contributed by atoms with van der Waals surface area (Å²) in [7, 11) is 3.18. The van der Waals surface area contributed by atoms with E-state index in [1.54, 1.807) is 14.2 Å². The molecule has 27 heavy (non-hydrogen) atoms. The van der Waals surface area contributed by atoms with E-state index in [9.17, 15) is 9.18 Å². The summed E-state index contributed by atoms with van der Waals surface area (Å²) in [6.45, 7) is 3.81. The summed E-state index contributed by atoms with van der Waals surface area (Å²) in [6, 6.07) is 12.2. The van der Waals surface area contributed by atoms with Gasteiger partial charge in [-0.2, -0.15) is 0 Å². The minimum absolute atomic E-state index is 0.114. The van der Waals surface area contributed by atoms with Crippen molar-refractivity contribution in [2.75, 3.05) is 40.4 Å². The summed E-state index contributed by atoms with van der Waals surface area (Å²) >= 11 is 0. The van der Waals surface area contributed by atoms with Gasteiger partial charge < -0.3 is 14.4 Å². The van der Waals surface area contributed by atoms with Crippen molar-refractivity contribution in [1.29, 1.82) is 0 Å². The normalized spacial score (nSPS) is 14.9. The predicted octanol–water partition coefficient (Wildman–Crippen LogP) is 2.73. The molecule has 1 aliphatic rings. The van der Waals surface area contributed by atoms with Gasteiger partial charge in [-0.1, -0.05) is 18.2 Å². The molecule has 1 saturated heterocycles. The molecule has 0 aromatic heterocycles. The number of hydrogen-bond acceptors (Lipinski definition) is 4. The molecule has 0 atom stereocenters. The lowest BCUT2D eigenvalue weighted by Crippen LogP contribution is -2.48. The highest BCUT2D eigenvalue weighted by Crippen LogP contribution is 2.27. The molecule has 0 radical (unpaired) electrons. The topological polar surface area (TPSA) is 42.0 Å². The van der Waals surface area contributed by atoms with Crippen molar-refractivity contribution < 1.29 is 18.7 Å². The van der Waals surface area contributed by atoms with Crippen LogP contribution in [0.1, 0.15) is 11.1 Å². The third-order valence-electron chi connectivity index (χ3n) is 4.85. The van der Waals surface area contributed by atoms with E-state index in [0.717, 1.165) is 30.8 Å². The number of nitrogens with zero attached hydrogens (tertiary/aromatic N) is 2. The molecule has 0 bridgehead atoms. The van der Waals surface area contributed by atoms with Crippen LogP contribution in [0.5, 0.6) is 11.5 Å². The molecule has 2 aromatic rings. The molecular formula is C21H25FN2O3. The van der Waals surface area contributed by atoms with Gasteiger partial charge in [0.2, 0.25) is 5.91 Å². The standard InChI is InChI=1S/C21H25FN2O3/c1-26-19-8-5-17(13-20(19)27-2)14-21(25)24-11-9-23(10-12-24)15-16-3-6-18(22)7-4-16/h3-8,13H,9-12,14-15H2,1-2H3. The number of amides is 1. The zero-order valence-electron chi connectivity index (χ0n) is 15.8. The van der Waals surface area contributed by atoms with Gasteiger partial charge in [-0.15, -0.1) is 0 Å². The Labute approximate surface area is 159 Å². The first-order valence-electron chi connectivity index (χ1n) is 9.04. The summed E-state index contributed by atoms with van der Waals surface area (Å²) in [5.74, 6) is 1.18. The van der Waals surface area contributed by atoms with Crippen LogP contribution in [0.3, 0.4) is 0 Å². The number of benzene rings is 2. The van der Waals surface area contributed by atoms with Gasteiger partial charge in [-0.3, -0.25) is 9.69 Å². The molecular weight excluding hydrogens is 347 g/mol. The van der Waals surface area contributed by atoms with Crippen LogP contribution in [0.2, 0.25) is 0 Å². The first-order valence-corrected chi connectivity index (χ1v) is 9.04. The number of hydrogen-bond donors (Lipinski definition) is 0. The van der Waals surface area contributed by atoms with Crippen molar-refractivity contribution in [2.24, 2.45) is 0 Å². The number of halogens is 1. The van der Waals surface area contributed by atoms with Gasteiger partial charge >= 0.3 is 0 Å². The number of piperazine rings is 1. The van der Waals surface area contributed by atoms with Crippen molar-refractivity contribution in [3.8, 4) is 11.5 Å². The Hall–Kier alpha value is -2.60. The van der Waals surface area contributed by atoms with Crippen LogP contribution >= 0.6 is 0 Å². The third kappa shape index (κ3) is 4.98. The molecule has 1 fully saturated rings. The number of carbonyl (C=O) groups excluding carboxylic acids is 1. The Bertz CT molecular complexity index is 771. The Morgan fingerprint density at radius 3 is 2.19 bits per heavy atom. The lowest BCUT2D eigenvalue weighted by molar-refractivity contribution is -0.132. The first kappa shape index (κ1) is 19.2. The molecule has 0 spiro atoms. The fraction of sp³-hybridized carbons (Fsp3) is 0.381. The fourth-order valence-corrected chi connectivity index (χ4v) is 3.28. The zero-order chi connectivity index (χ0) is 19.2. The van der Waals surface area contributed by atoms with Crippen LogP contribution in [0.4, 0.5) is 4.39 Å². The maximum absolute atomic E-state index is 13.0. The maximum Gasteiger partial charge on any atom is 0.227 e. The minimum Gasteiger partial charge on any atom is -0.493 e. The van der Waals surface area contributed by atoms with E-state index in [1.165, 1.54) is 12.1 Å². The monoisotopic (exact) mass is 372 g/mol. The van der Waals surface area contributed by atoms with Crippen LogP contribution < -0.4 is 9.47 Å². The summed E-state index contributed by atoms with van der Waals surface area (Å²) in [6.07, 6.45) is 0.346. The summed E-state index contributed by atoms with van der Waals surface area (Å²) in [4.78, 5) is 16.8. The molecule has 0 unspecified atom stereocenters. The second-order valence-corrected chi connectivity index (χ2v) is 6.65. The molecule has 1 aliphatic heterocycles. The largest absolute Gasteiger partial charge is 0.493 e. The number of rotatable bonds is 6. The number of carbonyl (C=O) groups is 1. The van der Waals surface area contributed by atoms with Crippen LogP contribution in [0.15, 0.2) is 42.5 Å². The van der Waals surface area contributed by atoms with Gasteiger partial charge in [0.15, 0.2) is 11.5 Å². The summed E-state index contributed by atoms with van der Waals surface area (Å²) < 4.78 is 23.5. The molecule has 0 N–H and O–H groups in total. The summed E-state index contributed by atoms with van der Waals surface area (Å²) in [5, 5.41) is 0. The van der Waals surface area contributed by atoms with E-state index < -0.39 is 0 Å². The highest BCUT2D eigenvalue weighted by atomic mass is 19.1. The van der Waals surface area contributed by atoms with Crippen LogP contribution in [-0.4, -0.2) is 56.1 Å². The molecule has 144 valence electrons. The predicted molar refractivity (Wildman–Crippen MR) is 102 cm³/mol. The second kappa shape index (κ2) is 8.86. The van der Waals surface area contributed by atoms with Crippen molar-refractivity contribution >= 4 is 5.91 Å².